The van der Waals surface area contributed by atoms with Crippen LogP contribution in [-0.2, 0) is 5.75 Å². The van der Waals surface area contributed by atoms with Crippen molar-refractivity contribution in [2.45, 2.75) is 10.6 Å². The molecule has 1 aromatic heterocycles. The van der Waals surface area contributed by atoms with Crippen LogP contribution in [-0.4, -0.2) is 11.2 Å². The zero-order valence-corrected chi connectivity index (χ0v) is 12.9. The topological polar surface area (TPSA) is 25.2 Å². The van der Waals surface area contributed by atoms with Gasteiger partial charge in [-0.3, -0.25) is 9.98 Å². The molecule has 3 aromatic rings. The number of hydrogen-bond acceptors (Lipinski definition) is 3. The Balaban J connectivity index is 1.74. The summed E-state index contributed by atoms with van der Waals surface area (Å²) >= 11 is 1.80. The summed E-state index contributed by atoms with van der Waals surface area (Å²) in [6, 6.07) is 24.5. The second-order valence-electron chi connectivity index (χ2n) is 4.75. The molecular weight excluding hydrogens is 288 g/mol. The van der Waals surface area contributed by atoms with E-state index in [9.17, 15) is 0 Å². The highest BCUT2D eigenvalue weighted by atomic mass is 32.2. The summed E-state index contributed by atoms with van der Waals surface area (Å²) in [4.78, 5) is 10.0. The lowest BCUT2D eigenvalue weighted by molar-refractivity contribution is 1.29. The fourth-order valence-electron chi connectivity index (χ4n) is 2.01. The third-order valence-corrected chi connectivity index (χ3v) is 4.26. The lowest BCUT2D eigenvalue weighted by Crippen LogP contribution is -1.85. The first-order valence-corrected chi connectivity index (χ1v) is 8.11. The maximum absolute atomic E-state index is 4.58. The van der Waals surface area contributed by atoms with Gasteiger partial charge in [0.15, 0.2) is 0 Å². The predicted molar refractivity (Wildman–Crippen MR) is 93.9 cm³/mol. The predicted octanol–water partition coefficient (Wildman–Crippen LogP) is 5.12. The van der Waals surface area contributed by atoms with E-state index in [1.54, 1.807) is 18.0 Å². The molecule has 22 heavy (non-hydrogen) atoms. The van der Waals surface area contributed by atoms with Crippen LogP contribution in [0.5, 0.6) is 0 Å². The molecular formula is C19H16N2S. The largest absolute Gasteiger partial charge is 0.255 e. The molecule has 3 heteroatoms. The number of para-hydroxylation sites is 1. The summed E-state index contributed by atoms with van der Waals surface area (Å²) in [6.45, 7) is 0. The fraction of sp³-hybridized carbons (Fsp3) is 0.0526. The van der Waals surface area contributed by atoms with Gasteiger partial charge in [0.05, 0.1) is 17.6 Å². The number of aromatic nitrogens is 1. The quantitative estimate of drug-likeness (QED) is 0.482. The number of benzene rings is 2. The Labute approximate surface area is 135 Å². The molecule has 0 atom stereocenters. The van der Waals surface area contributed by atoms with Crippen LogP contribution < -0.4 is 0 Å². The highest BCUT2D eigenvalue weighted by Gasteiger charge is 2.01. The van der Waals surface area contributed by atoms with E-state index in [2.05, 4.69) is 40.3 Å². The minimum absolute atomic E-state index is 0.866. The molecule has 0 aliphatic rings. The molecule has 2 nitrogen and oxygen atoms in total. The minimum Gasteiger partial charge on any atom is -0.255 e. The van der Waals surface area contributed by atoms with Crippen molar-refractivity contribution in [3.05, 3.63) is 90.3 Å². The minimum atomic E-state index is 0.866. The monoisotopic (exact) mass is 304 g/mol. The number of thioether (sulfide) groups is 1. The van der Waals surface area contributed by atoms with Gasteiger partial charge in [0, 0.05) is 16.8 Å². The normalized spacial score (nSPS) is 10.9. The van der Waals surface area contributed by atoms with Crippen LogP contribution in [0.2, 0.25) is 0 Å². The molecule has 3 rings (SSSR count). The van der Waals surface area contributed by atoms with Crippen molar-refractivity contribution in [2.24, 2.45) is 4.99 Å². The molecule has 0 unspecified atom stereocenters. The zero-order valence-electron chi connectivity index (χ0n) is 12.1. The van der Waals surface area contributed by atoms with Crippen LogP contribution in [0.1, 0.15) is 11.3 Å². The molecule has 0 spiro atoms. The van der Waals surface area contributed by atoms with Gasteiger partial charge in [-0.1, -0.05) is 48.5 Å². The van der Waals surface area contributed by atoms with Gasteiger partial charge in [0.25, 0.3) is 0 Å². The third-order valence-electron chi connectivity index (χ3n) is 3.13. The summed E-state index contributed by atoms with van der Waals surface area (Å²) in [5.41, 5.74) is 3.16. The number of pyridine rings is 1. The molecule has 0 aliphatic heterocycles. The molecule has 0 radical (unpaired) electrons. The zero-order chi connectivity index (χ0) is 15.0. The molecule has 0 bridgehead atoms. The van der Waals surface area contributed by atoms with Crippen LogP contribution in [0.25, 0.3) is 0 Å². The highest BCUT2D eigenvalue weighted by molar-refractivity contribution is 7.98. The average molecular weight is 304 g/mol. The second-order valence-corrected chi connectivity index (χ2v) is 5.77. The summed E-state index contributed by atoms with van der Waals surface area (Å²) in [6.07, 6.45) is 3.58. The Morgan fingerprint density at radius 1 is 0.864 bits per heavy atom. The van der Waals surface area contributed by atoms with Crippen molar-refractivity contribution in [1.29, 1.82) is 0 Å². The van der Waals surface area contributed by atoms with Crippen LogP contribution in [0, 0.1) is 0 Å². The van der Waals surface area contributed by atoms with Crippen LogP contribution in [0.4, 0.5) is 5.69 Å². The first-order chi connectivity index (χ1) is 10.9. The maximum Gasteiger partial charge on any atom is 0.0812 e. The van der Waals surface area contributed by atoms with Crippen molar-refractivity contribution >= 4 is 23.7 Å². The van der Waals surface area contributed by atoms with Crippen molar-refractivity contribution in [2.75, 3.05) is 0 Å². The van der Waals surface area contributed by atoms with Crippen molar-refractivity contribution in [3.63, 3.8) is 0 Å². The Morgan fingerprint density at radius 2 is 1.64 bits per heavy atom. The Bertz CT molecular complexity index is 740. The van der Waals surface area contributed by atoms with E-state index in [4.69, 9.17) is 0 Å². The fourth-order valence-corrected chi connectivity index (χ4v) is 2.97. The summed E-state index contributed by atoms with van der Waals surface area (Å²) < 4.78 is 0. The standard InChI is InChI=1S/C19H16N2S/c1-2-8-16(9-3-1)15-22-19-12-5-4-11-18(19)21-14-17-10-6-7-13-20-17/h1-14H,15H2/b21-14+. The third kappa shape index (κ3) is 4.06. The lowest BCUT2D eigenvalue weighted by Gasteiger charge is -2.05. The smallest absolute Gasteiger partial charge is 0.0812 e. The summed E-state index contributed by atoms with van der Waals surface area (Å²) in [7, 11) is 0. The van der Waals surface area contributed by atoms with Gasteiger partial charge in [-0.2, -0.15) is 0 Å². The molecule has 108 valence electrons. The molecule has 1 heterocycles. The number of nitrogens with zero attached hydrogens (tertiary/aromatic N) is 2. The van der Waals surface area contributed by atoms with Crippen molar-refractivity contribution in [3.8, 4) is 0 Å². The Morgan fingerprint density at radius 3 is 2.45 bits per heavy atom. The van der Waals surface area contributed by atoms with Gasteiger partial charge >= 0.3 is 0 Å². The lowest BCUT2D eigenvalue weighted by atomic mass is 10.2. The van der Waals surface area contributed by atoms with Crippen LogP contribution in [0.15, 0.2) is 88.9 Å². The van der Waals surface area contributed by atoms with E-state index < -0.39 is 0 Å². The van der Waals surface area contributed by atoms with Crippen LogP contribution in [0.3, 0.4) is 0 Å². The van der Waals surface area contributed by atoms with Gasteiger partial charge in [-0.15, -0.1) is 11.8 Å². The molecule has 0 N–H and O–H groups in total. The van der Waals surface area contributed by atoms with Gasteiger partial charge in [0.2, 0.25) is 0 Å². The van der Waals surface area contributed by atoms with E-state index in [1.165, 1.54) is 10.5 Å². The number of rotatable bonds is 5. The number of aliphatic imine (C=N–C) groups is 1. The second kappa shape index (κ2) is 7.57. The van der Waals surface area contributed by atoms with Crippen molar-refractivity contribution < 1.29 is 0 Å². The van der Waals surface area contributed by atoms with E-state index in [0.717, 1.165) is 17.1 Å². The maximum atomic E-state index is 4.58. The SMILES string of the molecule is C(=N\c1ccccc1SCc1ccccc1)/c1ccccn1. The molecule has 0 aliphatic carbocycles. The molecule has 2 aromatic carbocycles. The highest BCUT2D eigenvalue weighted by Crippen LogP contribution is 2.31. The van der Waals surface area contributed by atoms with E-state index >= 15 is 0 Å². The van der Waals surface area contributed by atoms with Gasteiger partial charge in [0.1, 0.15) is 0 Å². The van der Waals surface area contributed by atoms with E-state index in [0.29, 0.717) is 0 Å². The summed E-state index contributed by atoms with van der Waals surface area (Å²) in [5, 5.41) is 0. The molecule has 0 saturated heterocycles. The van der Waals surface area contributed by atoms with Gasteiger partial charge < -0.3 is 0 Å². The molecule has 0 amide bonds. The molecule has 0 saturated carbocycles. The van der Waals surface area contributed by atoms with Crippen molar-refractivity contribution in [1.82, 2.24) is 4.98 Å². The average Bonchev–Trinajstić information content (AvgIpc) is 2.61. The van der Waals surface area contributed by atoms with E-state index in [-0.39, 0.29) is 0 Å². The summed E-state index contributed by atoms with van der Waals surface area (Å²) in [5.74, 6) is 0.941. The van der Waals surface area contributed by atoms with Gasteiger partial charge in [-0.25, -0.2) is 0 Å². The van der Waals surface area contributed by atoms with E-state index in [1.807, 2.05) is 48.7 Å². The first-order valence-electron chi connectivity index (χ1n) is 7.13. The number of hydrogen-bond donors (Lipinski definition) is 0. The van der Waals surface area contributed by atoms with Gasteiger partial charge in [-0.05, 0) is 29.8 Å². The van der Waals surface area contributed by atoms with Crippen LogP contribution >= 0.6 is 11.8 Å². The Hall–Kier alpha value is -2.39. The Kier molecular flexibility index (Phi) is 5.00. The first kappa shape index (κ1) is 14.5. The molecule has 0 fully saturated rings.